The van der Waals surface area contributed by atoms with Crippen LogP contribution in [0.3, 0.4) is 0 Å². The van der Waals surface area contributed by atoms with Gasteiger partial charge in [0.1, 0.15) is 17.6 Å². The number of ketones is 1. The monoisotopic (exact) mass is 573 g/mol. The van der Waals surface area contributed by atoms with Crippen LogP contribution in [0.15, 0.2) is 58.1 Å². The lowest BCUT2D eigenvalue weighted by Crippen LogP contribution is -2.55. The highest BCUT2D eigenvalue weighted by molar-refractivity contribution is 9.12. The fourth-order valence-corrected chi connectivity index (χ4v) is 6.70. The van der Waals surface area contributed by atoms with Gasteiger partial charge < -0.3 is 24.3 Å². The summed E-state index contributed by atoms with van der Waals surface area (Å²) in [5.41, 5.74) is 1.19. The Bertz CT molecular complexity index is 1120. The summed E-state index contributed by atoms with van der Waals surface area (Å²) in [6.45, 7) is 2.04. The maximum absolute atomic E-state index is 13.2. The molecule has 0 radical (unpaired) electrons. The maximum atomic E-state index is 13.2. The first-order valence-electron chi connectivity index (χ1n) is 12.9. The molecule has 1 fully saturated rings. The van der Waals surface area contributed by atoms with Crippen molar-refractivity contribution in [1.29, 1.82) is 0 Å². The summed E-state index contributed by atoms with van der Waals surface area (Å²) in [7, 11) is 4.87. The molecule has 0 bridgehead atoms. The molecule has 0 aliphatic heterocycles. The van der Waals surface area contributed by atoms with Gasteiger partial charge >= 0.3 is 5.97 Å². The van der Waals surface area contributed by atoms with Crippen molar-refractivity contribution in [3.05, 3.63) is 63.7 Å². The highest BCUT2D eigenvalue weighted by Crippen LogP contribution is 2.53. The maximum Gasteiger partial charge on any atom is 0.328 e. The minimum Gasteiger partial charge on any atom is -0.500 e. The van der Waals surface area contributed by atoms with Crippen LogP contribution in [0.1, 0.15) is 57.4 Å². The van der Waals surface area contributed by atoms with Gasteiger partial charge in [-0.25, -0.2) is 4.79 Å². The molecule has 2 atom stereocenters. The van der Waals surface area contributed by atoms with E-state index in [1.807, 2.05) is 36.4 Å². The fraction of sp³-hybridized carbons (Fsp3) is 0.517. The molecule has 1 aromatic rings. The molecule has 0 amide bonds. The lowest BCUT2D eigenvalue weighted by atomic mass is 9.62. The molecule has 0 heterocycles. The van der Waals surface area contributed by atoms with Crippen LogP contribution in [0.2, 0.25) is 0 Å². The first kappa shape index (κ1) is 27.5. The zero-order chi connectivity index (χ0) is 26.6. The van der Waals surface area contributed by atoms with E-state index in [0.717, 1.165) is 48.9 Å². The van der Waals surface area contributed by atoms with E-state index in [4.69, 9.17) is 18.9 Å². The molecular formula is C29H36BrNO6. The van der Waals surface area contributed by atoms with Crippen molar-refractivity contribution in [2.24, 2.45) is 5.41 Å². The van der Waals surface area contributed by atoms with Gasteiger partial charge in [0.2, 0.25) is 0 Å². The molecule has 1 unspecified atom stereocenters. The molecule has 1 aromatic carbocycles. The van der Waals surface area contributed by atoms with Gasteiger partial charge in [-0.05, 0) is 47.3 Å². The number of Topliss-reactive ketones (excluding diaryl/α,β-unsaturated/α-hetero) is 1. The molecule has 7 nitrogen and oxygen atoms in total. The minimum absolute atomic E-state index is 0.120. The van der Waals surface area contributed by atoms with Crippen molar-refractivity contribution in [3.63, 3.8) is 0 Å². The van der Waals surface area contributed by atoms with Crippen LogP contribution in [-0.4, -0.2) is 51.3 Å². The second kappa shape index (κ2) is 11.4. The lowest BCUT2D eigenvalue weighted by Gasteiger charge is -2.47. The van der Waals surface area contributed by atoms with E-state index in [2.05, 4.69) is 21.2 Å². The van der Waals surface area contributed by atoms with Crippen molar-refractivity contribution in [1.82, 2.24) is 5.32 Å². The normalized spacial score (nSPS) is 23.8. The first-order chi connectivity index (χ1) is 17.8. The number of rotatable bonds is 10. The van der Waals surface area contributed by atoms with Crippen LogP contribution in [0.5, 0.6) is 0 Å². The van der Waals surface area contributed by atoms with Gasteiger partial charge in [-0.2, -0.15) is 0 Å². The average molecular weight is 575 g/mol. The van der Waals surface area contributed by atoms with Gasteiger partial charge in [0.15, 0.2) is 5.78 Å². The molecule has 3 aliphatic rings. The van der Waals surface area contributed by atoms with Crippen LogP contribution in [0.25, 0.3) is 5.57 Å². The van der Waals surface area contributed by atoms with Crippen LogP contribution in [0.4, 0.5) is 0 Å². The number of ether oxygens (including phenoxy) is 4. The molecule has 1 spiro atoms. The van der Waals surface area contributed by atoms with Crippen LogP contribution in [0, 0.1) is 5.41 Å². The van der Waals surface area contributed by atoms with E-state index in [1.54, 1.807) is 28.3 Å². The molecule has 0 aromatic heterocycles. The van der Waals surface area contributed by atoms with Crippen LogP contribution >= 0.6 is 15.9 Å². The van der Waals surface area contributed by atoms with E-state index in [1.165, 1.54) is 0 Å². The third-order valence-electron chi connectivity index (χ3n) is 7.79. The Kier molecular flexibility index (Phi) is 8.49. The Morgan fingerprint density at radius 1 is 1.08 bits per heavy atom. The zero-order valence-electron chi connectivity index (χ0n) is 22.0. The highest BCUT2D eigenvalue weighted by atomic mass is 79.9. The lowest BCUT2D eigenvalue weighted by molar-refractivity contribution is -0.148. The van der Waals surface area contributed by atoms with Gasteiger partial charge in [-0.1, -0.05) is 49.6 Å². The van der Waals surface area contributed by atoms with Gasteiger partial charge in [-0.15, -0.1) is 0 Å². The number of carbonyl (C=O) groups is 2. The molecule has 37 heavy (non-hydrogen) atoms. The summed E-state index contributed by atoms with van der Waals surface area (Å²) in [4.78, 5) is 26.2. The molecule has 4 rings (SSSR count). The Morgan fingerprint density at radius 3 is 2.38 bits per heavy atom. The minimum atomic E-state index is -0.903. The number of allylic oxidation sites excluding steroid dienone is 3. The number of methoxy groups -OCH3 is 3. The van der Waals surface area contributed by atoms with Gasteiger partial charge in [0.05, 0.1) is 41.9 Å². The topological polar surface area (TPSA) is 83.1 Å². The summed E-state index contributed by atoms with van der Waals surface area (Å²) in [5, 5.41) is 3.42. The average Bonchev–Trinajstić information content (AvgIpc) is 2.95. The quantitative estimate of drug-likeness (QED) is 0.374. The second-order valence-corrected chi connectivity index (χ2v) is 10.6. The number of esters is 1. The number of halogens is 1. The first-order valence-corrected chi connectivity index (χ1v) is 13.7. The van der Waals surface area contributed by atoms with Crippen molar-refractivity contribution < 1.29 is 28.5 Å². The Hall–Kier alpha value is -2.58. The van der Waals surface area contributed by atoms with Crippen LogP contribution in [-0.2, 0) is 28.5 Å². The van der Waals surface area contributed by atoms with E-state index < -0.39 is 17.1 Å². The third kappa shape index (κ3) is 5.10. The fourth-order valence-electron chi connectivity index (χ4n) is 5.82. The standard InChI is InChI=1S/C29H36BrNO6/c1-5-37-27(33)20(31-25-24(30)26(32)29(25)14-10-7-11-15-29)16-28(36-4)17-21(34-2)23(22(18-28)35-3)19-12-8-6-9-13-19/h6,8-9,12-13,17,20,31H,5,7,10-11,14-16,18H2,1-4H3/t20-,28?/m0/s1. The Balaban J connectivity index is 1.68. The molecule has 3 aliphatic carbocycles. The van der Waals surface area contributed by atoms with Gasteiger partial charge in [0.25, 0.3) is 0 Å². The van der Waals surface area contributed by atoms with E-state index in [-0.39, 0.29) is 24.8 Å². The Morgan fingerprint density at radius 2 is 1.78 bits per heavy atom. The second-order valence-electron chi connectivity index (χ2n) is 9.84. The van der Waals surface area contributed by atoms with Crippen molar-refractivity contribution in [2.75, 3.05) is 27.9 Å². The molecule has 1 N–H and O–H groups in total. The molecule has 8 heteroatoms. The number of nitrogens with one attached hydrogen (secondary N) is 1. The summed E-state index contributed by atoms with van der Waals surface area (Å²) < 4.78 is 23.7. The summed E-state index contributed by atoms with van der Waals surface area (Å²) in [5.74, 6) is 1.05. The zero-order valence-corrected chi connectivity index (χ0v) is 23.6. The summed E-state index contributed by atoms with van der Waals surface area (Å²) >= 11 is 3.47. The number of hydrogen-bond acceptors (Lipinski definition) is 7. The summed E-state index contributed by atoms with van der Waals surface area (Å²) in [6.07, 6.45) is 7.28. The number of carbonyl (C=O) groups excluding carboxylic acids is 2. The number of benzene rings is 1. The molecule has 200 valence electrons. The van der Waals surface area contributed by atoms with Crippen LogP contribution < -0.4 is 5.32 Å². The van der Waals surface area contributed by atoms with E-state index in [0.29, 0.717) is 22.4 Å². The highest BCUT2D eigenvalue weighted by Gasteiger charge is 2.54. The van der Waals surface area contributed by atoms with E-state index >= 15 is 0 Å². The van der Waals surface area contributed by atoms with Crippen molar-refractivity contribution >= 4 is 33.3 Å². The van der Waals surface area contributed by atoms with Crippen molar-refractivity contribution in [2.45, 2.75) is 63.5 Å². The van der Waals surface area contributed by atoms with Gasteiger partial charge in [-0.3, -0.25) is 4.79 Å². The Labute approximate surface area is 227 Å². The molecule has 1 saturated carbocycles. The smallest absolute Gasteiger partial charge is 0.328 e. The largest absolute Gasteiger partial charge is 0.500 e. The third-order valence-corrected chi connectivity index (χ3v) is 8.55. The predicted octanol–water partition coefficient (Wildman–Crippen LogP) is 5.41. The van der Waals surface area contributed by atoms with E-state index in [9.17, 15) is 9.59 Å². The predicted molar refractivity (Wildman–Crippen MR) is 144 cm³/mol. The number of hydrogen-bond donors (Lipinski definition) is 1. The SMILES string of the molecule is CCOC(=O)[C@H](CC1(OC)C=C(OC)C(c2ccccc2)=C(OC)C1)NC1=C(Br)C(=O)C12CCCCC2. The summed E-state index contributed by atoms with van der Waals surface area (Å²) in [6, 6.07) is 9.17. The molecule has 0 saturated heterocycles. The van der Waals surface area contributed by atoms with Gasteiger partial charge in [0, 0.05) is 25.6 Å². The molecular weight excluding hydrogens is 538 g/mol. The van der Waals surface area contributed by atoms with Crippen molar-refractivity contribution in [3.8, 4) is 0 Å².